The topological polar surface area (TPSA) is 56.7 Å². The van der Waals surface area contributed by atoms with Crippen LogP contribution in [-0.2, 0) is 6.54 Å². The molecule has 74 valence electrons. The molecule has 1 atom stereocenters. The summed E-state index contributed by atoms with van der Waals surface area (Å²) in [7, 11) is 0. The average Bonchev–Trinajstić information content (AvgIpc) is 2.50. The normalized spacial score (nSPS) is 13.6. The van der Waals surface area contributed by atoms with Crippen molar-refractivity contribution in [3.63, 3.8) is 0 Å². The van der Waals surface area contributed by atoms with Gasteiger partial charge in [0, 0.05) is 6.54 Å². The molecule has 0 bridgehead atoms. The predicted octanol–water partition coefficient (Wildman–Crippen LogP) is 1.34. The van der Waals surface area contributed by atoms with Crippen LogP contribution in [0.2, 0.25) is 0 Å². The van der Waals surface area contributed by atoms with E-state index in [9.17, 15) is 0 Å². The third kappa shape index (κ3) is 2.52. The SMILES string of the molecule is CC[C@@H](N)c1nncn1CC(C)C. The van der Waals surface area contributed by atoms with Gasteiger partial charge in [0.05, 0.1) is 6.04 Å². The summed E-state index contributed by atoms with van der Waals surface area (Å²) in [5.41, 5.74) is 5.89. The Kier molecular flexibility index (Phi) is 3.42. The highest BCUT2D eigenvalue weighted by Gasteiger charge is 2.11. The van der Waals surface area contributed by atoms with Crippen LogP contribution in [0.5, 0.6) is 0 Å². The van der Waals surface area contributed by atoms with E-state index >= 15 is 0 Å². The fourth-order valence-electron chi connectivity index (χ4n) is 1.27. The lowest BCUT2D eigenvalue weighted by atomic mass is 10.2. The van der Waals surface area contributed by atoms with Gasteiger partial charge in [0.15, 0.2) is 0 Å². The van der Waals surface area contributed by atoms with Gasteiger partial charge in [0.25, 0.3) is 0 Å². The van der Waals surface area contributed by atoms with Crippen molar-refractivity contribution in [2.75, 3.05) is 0 Å². The van der Waals surface area contributed by atoms with E-state index in [0.717, 1.165) is 18.8 Å². The minimum absolute atomic E-state index is 0.0150. The van der Waals surface area contributed by atoms with Crippen molar-refractivity contribution in [3.05, 3.63) is 12.2 Å². The zero-order chi connectivity index (χ0) is 9.84. The Labute approximate surface area is 79.2 Å². The van der Waals surface area contributed by atoms with Crippen LogP contribution in [0.3, 0.4) is 0 Å². The van der Waals surface area contributed by atoms with Gasteiger partial charge in [-0.3, -0.25) is 0 Å². The molecule has 0 amide bonds. The van der Waals surface area contributed by atoms with Crippen LogP contribution < -0.4 is 5.73 Å². The van der Waals surface area contributed by atoms with Crippen molar-refractivity contribution >= 4 is 0 Å². The second-order valence-corrected chi connectivity index (χ2v) is 3.75. The smallest absolute Gasteiger partial charge is 0.149 e. The monoisotopic (exact) mass is 182 g/mol. The molecule has 4 heteroatoms. The summed E-state index contributed by atoms with van der Waals surface area (Å²) in [5.74, 6) is 1.50. The van der Waals surface area contributed by atoms with Gasteiger partial charge < -0.3 is 10.3 Å². The van der Waals surface area contributed by atoms with Gasteiger partial charge in [-0.2, -0.15) is 0 Å². The van der Waals surface area contributed by atoms with Crippen LogP contribution >= 0.6 is 0 Å². The largest absolute Gasteiger partial charge is 0.321 e. The van der Waals surface area contributed by atoms with Crippen molar-refractivity contribution < 1.29 is 0 Å². The van der Waals surface area contributed by atoms with Crippen LogP contribution in [-0.4, -0.2) is 14.8 Å². The van der Waals surface area contributed by atoms with Crippen molar-refractivity contribution in [3.8, 4) is 0 Å². The summed E-state index contributed by atoms with van der Waals surface area (Å²) in [5, 5.41) is 7.91. The summed E-state index contributed by atoms with van der Waals surface area (Å²) in [6.45, 7) is 7.33. The number of rotatable bonds is 4. The highest BCUT2D eigenvalue weighted by Crippen LogP contribution is 2.11. The minimum Gasteiger partial charge on any atom is -0.321 e. The zero-order valence-corrected chi connectivity index (χ0v) is 8.57. The van der Waals surface area contributed by atoms with Gasteiger partial charge in [-0.05, 0) is 12.3 Å². The van der Waals surface area contributed by atoms with E-state index < -0.39 is 0 Å². The molecule has 1 aromatic heterocycles. The highest BCUT2D eigenvalue weighted by atomic mass is 15.3. The van der Waals surface area contributed by atoms with Crippen LogP contribution in [0.4, 0.5) is 0 Å². The molecule has 0 radical (unpaired) electrons. The number of hydrogen-bond donors (Lipinski definition) is 1. The second-order valence-electron chi connectivity index (χ2n) is 3.75. The molecular weight excluding hydrogens is 164 g/mol. The Hall–Kier alpha value is -0.900. The lowest BCUT2D eigenvalue weighted by Crippen LogP contribution is -2.17. The van der Waals surface area contributed by atoms with E-state index in [0.29, 0.717) is 5.92 Å². The van der Waals surface area contributed by atoms with E-state index in [1.165, 1.54) is 0 Å². The summed E-state index contributed by atoms with van der Waals surface area (Å²) in [6.07, 6.45) is 2.65. The highest BCUT2D eigenvalue weighted by molar-refractivity contribution is 4.93. The number of aromatic nitrogens is 3. The first-order chi connectivity index (χ1) is 6.15. The molecule has 0 aliphatic rings. The molecule has 1 rings (SSSR count). The molecule has 0 spiro atoms. The first kappa shape index (κ1) is 10.2. The predicted molar refractivity (Wildman–Crippen MR) is 52.1 cm³/mol. The van der Waals surface area contributed by atoms with Gasteiger partial charge in [0.1, 0.15) is 12.2 Å². The Morgan fingerprint density at radius 1 is 1.54 bits per heavy atom. The molecule has 0 saturated heterocycles. The second kappa shape index (κ2) is 4.37. The van der Waals surface area contributed by atoms with Crippen molar-refractivity contribution in [2.24, 2.45) is 11.7 Å². The Morgan fingerprint density at radius 3 is 2.77 bits per heavy atom. The maximum Gasteiger partial charge on any atom is 0.149 e. The summed E-state index contributed by atoms with van der Waals surface area (Å²) < 4.78 is 2.04. The molecule has 0 saturated carbocycles. The summed E-state index contributed by atoms with van der Waals surface area (Å²) in [4.78, 5) is 0. The third-order valence-electron chi connectivity index (χ3n) is 1.98. The number of hydrogen-bond acceptors (Lipinski definition) is 3. The van der Waals surface area contributed by atoms with Crippen molar-refractivity contribution in [1.82, 2.24) is 14.8 Å². The molecule has 0 aliphatic heterocycles. The molecule has 0 unspecified atom stereocenters. The van der Waals surface area contributed by atoms with E-state index in [1.807, 2.05) is 4.57 Å². The van der Waals surface area contributed by atoms with Crippen LogP contribution in [0.1, 0.15) is 39.1 Å². The Balaban J connectivity index is 2.76. The van der Waals surface area contributed by atoms with Crippen LogP contribution in [0.15, 0.2) is 6.33 Å². The molecule has 2 N–H and O–H groups in total. The molecule has 1 heterocycles. The third-order valence-corrected chi connectivity index (χ3v) is 1.98. The molecule has 0 aliphatic carbocycles. The minimum atomic E-state index is 0.0150. The van der Waals surface area contributed by atoms with Gasteiger partial charge in [-0.25, -0.2) is 0 Å². The molecule has 1 aromatic rings. The first-order valence-electron chi connectivity index (χ1n) is 4.78. The first-order valence-corrected chi connectivity index (χ1v) is 4.78. The van der Waals surface area contributed by atoms with E-state index in [1.54, 1.807) is 6.33 Å². The number of nitrogens with two attached hydrogens (primary N) is 1. The summed E-state index contributed by atoms with van der Waals surface area (Å²) in [6, 6.07) is 0.0150. The van der Waals surface area contributed by atoms with Gasteiger partial charge >= 0.3 is 0 Å². The molecule has 4 nitrogen and oxygen atoms in total. The van der Waals surface area contributed by atoms with E-state index in [-0.39, 0.29) is 6.04 Å². The summed E-state index contributed by atoms with van der Waals surface area (Å²) >= 11 is 0. The fraction of sp³-hybridized carbons (Fsp3) is 0.778. The van der Waals surface area contributed by atoms with Crippen molar-refractivity contribution in [1.29, 1.82) is 0 Å². The van der Waals surface area contributed by atoms with Crippen LogP contribution in [0.25, 0.3) is 0 Å². The van der Waals surface area contributed by atoms with Gasteiger partial charge in [0.2, 0.25) is 0 Å². The average molecular weight is 182 g/mol. The Bertz CT molecular complexity index is 254. The van der Waals surface area contributed by atoms with Crippen molar-refractivity contribution in [2.45, 2.75) is 39.8 Å². The van der Waals surface area contributed by atoms with Crippen LogP contribution in [0, 0.1) is 5.92 Å². The lowest BCUT2D eigenvalue weighted by molar-refractivity contribution is 0.485. The zero-order valence-electron chi connectivity index (χ0n) is 8.57. The maximum atomic E-state index is 5.89. The van der Waals surface area contributed by atoms with E-state index in [2.05, 4.69) is 31.0 Å². The van der Waals surface area contributed by atoms with Gasteiger partial charge in [-0.15, -0.1) is 10.2 Å². The molecule has 13 heavy (non-hydrogen) atoms. The fourth-order valence-corrected chi connectivity index (χ4v) is 1.27. The standard InChI is InChI=1S/C9H18N4/c1-4-8(10)9-12-11-6-13(9)5-7(2)3/h6-8H,4-5,10H2,1-3H3/t8-/m1/s1. The Morgan fingerprint density at radius 2 is 2.23 bits per heavy atom. The lowest BCUT2D eigenvalue weighted by Gasteiger charge is -2.12. The molecule has 0 aromatic carbocycles. The molecular formula is C9H18N4. The van der Waals surface area contributed by atoms with E-state index in [4.69, 9.17) is 5.73 Å². The quantitative estimate of drug-likeness (QED) is 0.764. The maximum absolute atomic E-state index is 5.89. The molecule has 0 fully saturated rings. The van der Waals surface area contributed by atoms with Gasteiger partial charge in [-0.1, -0.05) is 20.8 Å². The number of nitrogens with zero attached hydrogens (tertiary/aromatic N) is 3.